The van der Waals surface area contributed by atoms with Crippen molar-refractivity contribution < 1.29 is 4.79 Å². The van der Waals surface area contributed by atoms with E-state index in [9.17, 15) is 4.79 Å². The van der Waals surface area contributed by atoms with Gasteiger partial charge in [-0.05, 0) is 76.4 Å². The molecular formula is C23H39N5O. The average molecular weight is 402 g/mol. The molecule has 29 heavy (non-hydrogen) atoms. The van der Waals surface area contributed by atoms with Gasteiger partial charge in [-0.1, -0.05) is 19.1 Å². The molecule has 2 N–H and O–H groups in total. The second kappa shape index (κ2) is 12.5. The number of hydrogen-bond acceptors (Lipinski definition) is 3. The van der Waals surface area contributed by atoms with Crippen LogP contribution in [0.1, 0.15) is 56.0 Å². The van der Waals surface area contributed by atoms with E-state index in [4.69, 9.17) is 0 Å². The lowest BCUT2D eigenvalue weighted by molar-refractivity contribution is 0.0773. The van der Waals surface area contributed by atoms with Crippen LogP contribution >= 0.6 is 0 Å². The Hall–Kier alpha value is -2.08. The third-order valence-corrected chi connectivity index (χ3v) is 5.75. The van der Waals surface area contributed by atoms with E-state index >= 15 is 0 Å². The maximum atomic E-state index is 12.4. The van der Waals surface area contributed by atoms with Crippen LogP contribution in [0.5, 0.6) is 0 Å². The van der Waals surface area contributed by atoms with E-state index in [1.54, 1.807) is 7.05 Å². The highest BCUT2D eigenvalue weighted by atomic mass is 16.2. The van der Waals surface area contributed by atoms with Gasteiger partial charge in [-0.2, -0.15) is 0 Å². The first-order valence-electron chi connectivity index (χ1n) is 11.1. The van der Waals surface area contributed by atoms with Crippen molar-refractivity contribution in [3.8, 4) is 0 Å². The fraction of sp³-hybridized carbons (Fsp3) is 0.652. The van der Waals surface area contributed by atoms with E-state index in [2.05, 4.69) is 27.4 Å². The summed E-state index contributed by atoms with van der Waals surface area (Å²) >= 11 is 0. The lowest BCUT2D eigenvalue weighted by atomic mass is 9.99. The molecule has 0 spiro atoms. The molecule has 1 aromatic rings. The van der Waals surface area contributed by atoms with Crippen molar-refractivity contribution in [1.82, 2.24) is 20.4 Å². The predicted molar refractivity (Wildman–Crippen MR) is 121 cm³/mol. The zero-order chi connectivity index (χ0) is 21.1. The lowest BCUT2D eigenvalue weighted by Gasteiger charge is -2.30. The van der Waals surface area contributed by atoms with Crippen LogP contribution in [0.4, 0.5) is 0 Å². The number of piperidine rings is 1. The highest BCUT2D eigenvalue weighted by molar-refractivity contribution is 5.94. The maximum absolute atomic E-state index is 12.4. The number of carbonyl (C=O) groups is 1. The molecule has 0 saturated carbocycles. The molecule has 6 nitrogen and oxygen atoms in total. The number of benzene rings is 1. The van der Waals surface area contributed by atoms with E-state index in [1.165, 1.54) is 25.9 Å². The number of nitrogens with one attached hydrogen (secondary N) is 2. The summed E-state index contributed by atoms with van der Waals surface area (Å²) in [6.45, 7) is 13.1. The number of hydrogen-bond donors (Lipinski definition) is 2. The minimum absolute atomic E-state index is 0.0927. The van der Waals surface area contributed by atoms with E-state index in [0.717, 1.165) is 55.6 Å². The van der Waals surface area contributed by atoms with Crippen LogP contribution in [0, 0.1) is 5.92 Å². The van der Waals surface area contributed by atoms with Crippen LogP contribution in [-0.2, 0) is 6.54 Å². The van der Waals surface area contributed by atoms with E-state index in [1.807, 2.05) is 43.0 Å². The van der Waals surface area contributed by atoms with Gasteiger partial charge in [-0.15, -0.1) is 0 Å². The highest BCUT2D eigenvalue weighted by Crippen LogP contribution is 2.15. The Bertz CT molecular complexity index is 631. The molecule has 1 aliphatic rings. The molecule has 6 heteroatoms. The monoisotopic (exact) mass is 401 g/mol. The van der Waals surface area contributed by atoms with Crippen molar-refractivity contribution >= 4 is 11.9 Å². The Labute approximate surface area is 176 Å². The van der Waals surface area contributed by atoms with Crippen LogP contribution in [0.15, 0.2) is 29.3 Å². The van der Waals surface area contributed by atoms with Crippen molar-refractivity contribution in [2.75, 3.05) is 46.3 Å². The van der Waals surface area contributed by atoms with Crippen molar-refractivity contribution in [3.63, 3.8) is 0 Å². The van der Waals surface area contributed by atoms with Crippen molar-refractivity contribution in [3.05, 3.63) is 35.4 Å². The number of carbonyl (C=O) groups excluding carboxylic acids is 1. The number of rotatable bonds is 9. The summed E-state index contributed by atoms with van der Waals surface area (Å²) in [4.78, 5) is 21.1. The molecule has 0 bridgehead atoms. The first-order chi connectivity index (χ1) is 14.1. The van der Waals surface area contributed by atoms with Gasteiger partial charge in [0.1, 0.15) is 0 Å². The molecular weight excluding hydrogens is 362 g/mol. The third kappa shape index (κ3) is 7.69. The third-order valence-electron chi connectivity index (χ3n) is 5.75. The molecule has 1 saturated heterocycles. The SMILES string of the molecule is CCN(CC)C(=O)c1ccc(CNC(=NC)NCCCN2CCC(C)CC2)cc1. The van der Waals surface area contributed by atoms with Crippen LogP contribution in [-0.4, -0.2) is 68.0 Å². The zero-order valence-corrected chi connectivity index (χ0v) is 18.7. The molecule has 1 heterocycles. The Balaban J connectivity index is 1.70. The van der Waals surface area contributed by atoms with E-state index < -0.39 is 0 Å². The highest BCUT2D eigenvalue weighted by Gasteiger charge is 2.15. The standard InChI is InChI=1S/C23H39N5O/c1-5-28(6-2)22(29)21-10-8-20(9-11-21)18-26-23(24-4)25-14-7-15-27-16-12-19(3)13-17-27/h8-11,19H,5-7,12-18H2,1-4H3,(H2,24,25,26). The Kier molecular flexibility index (Phi) is 9.98. The zero-order valence-electron chi connectivity index (χ0n) is 18.7. The van der Waals surface area contributed by atoms with Crippen molar-refractivity contribution in [1.29, 1.82) is 0 Å². The molecule has 1 aromatic carbocycles. The summed E-state index contributed by atoms with van der Waals surface area (Å²) in [6.07, 6.45) is 3.78. The fourth-order valence-electron chi connectivity index (χ4n) is 3.66. The Morgan fingerprint density at radius 1 is 1.14 bits per heavy atom. The van der Waals surface area contributed by atoms with Gasteiger partial charge in [0.2, 0.25) is 0 Å². The molecule has 1 amide bonds. The number of guanidine groups is 1. The molecule has 0 atom stereocenters. The molecule has 0 unspecified atom stereocenters. The molecule has 0 aromatic heterocycles. The van der Waals surface area contributed by atoms with Gasteiger partial charge in [0.05, 0.1) is 0 Å². The summed E-state index contributed by atoms with van der Waals surface area (Å²) in [7, 11) is 1.80. The summed E-state index contributed by atoms with van der Waals surface area (Å²) in [5.41, 5.74) is 1.87. The number of amides is 1. The quantitative estimate of drug-likeness (QED) is 0.379. The normalized spacial score (nSPS) is 15.9. The van der Waals surface area contributed by atoms with Gasteiger partial charge < -0.3 is 20.4 Å². The van der Waals surface area contributed by atoms with E-state index in [-0.39, 0.29) is 5.91 Å². The van der Waals surface area contributed by atoms with Gasteiger partial charge in [0, 0.05) is 38.8 Å². The second-order valence-corrected chi connectivity index (χ2v) is 7.90. The largest absolute Gasteiger partial charge is 0.356 e. The van der Waals surface area contributed by atoms with Gasteiger partial charge in [-0.3, -0.25) is 9.79 Å². The van der Waals surface area contributed by atoms with E-state index in [0.29, 0.717) is 6.54 Å². The smallest absolute Gasteiger partial charge is 0.253 e. The van der Waals surface area contributed by atoms with Gasteiger partial charge in [0.15, 0.2) is 5.96 Å². The summed E-state index contributed by atoms with van der Waals surface area (Å²) < 4.78 is 0. The first kappa shape index (κ1) is 23.2. The maximum Gasteiger partial charge on any atom is 0.253 e. The van der Waals surface area contributed by atoms with Crippen molar-refractivity contribution in [2.24, 2.45) is 10.9 Å². The Morgan fingerprint density at radius 2 is 1.79 bits per heavy atom. The molecule has 162 valence electrons. The topological polar surface area (TPSA) is 60.0 Å². The second-order valence-electron chi connectivity index (χ2n) is 7.90. The predicted octanol–water partition coefficient (Wildman–Crippen LogP) is 2.96. The number of likely N-dealkylation sites (tertiary alicyclic amines) is 1. The van der Waals surface area contributed by atoms with Crippen molar-refractivity contribution in [2.45, 2.75) is 46.6 Å². The average Bonchev–Trinajstić information content (AvgIpc) is 2.75. The van der Waals surface area contributed by atoms with Gasteiger partial charge >= 0.3 is 0 Å². The van der Waals surface area contributed by atoms with Crippen LogP contribution in [0.25, 0.3) is 0 Å². The minimum atomic E-state index is 0.0927. The van der Waals surface area contributed by atoms with Crippen LogP contribution < -0.4 is 10.6 Å². The molecule has 0 radical (unpaired) electrons. The van der Waals surface area contributed by atoms with Crippen LogP contribution in [0.3, 0.4) is 0 Å². The fourth-order valence-corrected chi connectivity index (χ4v) is 3.66. The Morgan fingerprint density at radius 3 is 2.38 bits per heavy atom. The first-order valence-corrected chi connectivity index (χ1v) is 11.1. The summed E-state index contributed by atoms with van der Waals surface area (Å²) in [6, 6.07) is 7.84. The van der Waals surface area contributed by atoms with Gasteiger partial charge in [-0.25, -0.2) is 0 Å². The molecule has 1 aliphatic heterocycles. The summed E-state index contributed by atoms with van der Waals surface area (Å²) in [5, 5.41) is 6.75. The van der Waals surface area contributed by atoms with Gasteiger partial charge in [0.25, 0.3) is 5.91 Å². The lowest BCUT2D eigenvalue weighted by Crippen LogP contribution is -2.39. The molecule has 0 aliphatic carbocycles. The van der Waals surface area contributed by atoms with Crippen LogP contribution in [0.2, 0.25) is 0 Å². The molecule has 2 rings (SSSR count). The number of nitrogens with zero attached hydrogens (tertiary/aromatic N) is 3. The summed E-state index contributed by atoms with van der Waals surface area (Å²) in [5.74, 6) is 1.80. The molecule has 1 fully saturated rings. The minimum Gasteiger partial charge on any atom is -0.356 e. The number of aliphatic imine (C=N–C) groups is 1.